The Morgan fingerprint density at radius 1 is 0.828 bits per heavy atom. The highest BCUT2D eigenvalue weighted by Gasteiger charge is 2.45. The third kappa shape index (κ3) is 2.78. The monoisotopic (exact) mass is 410 g/mol. The lowest BCUT2D eigenvalue weighted by atomic mass is 10.3. The molecule has 0 unspecified atom stereocenters. The first kappa shape index (κ1) is 18.8. The van der Waals surface area contributed by atoms with Crippen LogP contribution in [-0.2, 0) is 16.6 Å². The van der Waals surface area contributed by atoms with E-state index in [9.17, 15) is 18.8 Å². The zero-order chi connectivity index (χ0) is 20.9. The maximum atomic E-state index is 13.2. The van der Waals surface area contributed by atoms with Crippen LogP contribution in [0.25, 0.3) is 5.69 Å². The minimum Gasteiger partial charge on any atom is -0.283 e. The maximum Gasteiger partial charge on any atom is 0.323 e. The van der Waals surface area contributed by atoms with Crippen LogP contribution in [0, 0.1) is 12.7 Å². The highest BCUT2D eigenvalue weighted by atomic mass is 32.1. The molecule has 0 atom stereocenters. The predicted octanol–water partition coefficient (Wildman–Crippen LogP) is 2.29. The first-order valence-electron chi connectivity index (χ1n) is 8.65. The van der Waals surface area contributed by atoms with E-state index in [2.05, 4.69) is 0 Å². The van der Waals surface area contributed by atoms with Gasteiger partial charge in [0.15, 0.2) is 5.11 Å². The second kappa shape index (κ2) is 6.78. The highest BCUT2D eigenvalue weighted by molar-refractivity contribution is 7.81. The van der Waals surface area contributed by atoms with E-state index in [0.29, 0.717) is 11.4 Å². The van der Waals surface area contributed by atoms with Gasteiger partial charge in [-0.05, 0) is 55.5 Å². The van der Waals surface area contributed by atoms with Crippen LogP contribution in [-0.4, -0.2) is 26.3 Å². The molecular formula is C20H15FN4O3S. The molecule has 9 heteroatoms. The van der Waals surface area contributed by atoms with E-state index in [1.807, 2.05) is 6.07 Å². The number of halogens is 1. The number of carbonyl (C=O) groups excluding carboxylic acids is 2. The zero-order valence-electron chi connectivity index (χ0n) is 15.5. The molecule has 0 radical (unpaired) electrons. The number of thiocarbonyl (C=S) groups is 1. The van der Waals surface area contributed by atoms with E-state index < -0.39 is 23.2 Å². The van der Waals surface area contributed by atoms with E-state index >= 15 is 0 Å². The Hall–Kier alpha value is -3.59. The number of aromatic nitrogens is 2. The molecule has 0 spiro atoms. The molecule has 1 saturated heterocycles. The molecule has 0 N–H and O–H groups in total. The first-order valence-corrected chi connectivity index (χ1v) is 9.06. The molecule has 146 valence electrons. The lowest BCUT2D eigenvalue weighted by molar-refractivity contribution is -0.133. The van der Waals surface area contributed by atoms with Crippen LogP contribution < -0.4 is 15.4 Å². The maximum absolute atomic E-state index is 13.2. The molecule has 29 heavy (non-hydrogen) atoms. The van der Waals surface area contributed by atoms with Crippen molar-refractivity contribution in [1.82, 2.24) is 9.36 Å². The van der Waals surface area contributed by atoms with E-state index in [1.165, 1.54) is 16.8 Å². The van der Waals surface area contributed by atoms with E-state index in [4.69, 9.17) is 12.2 Å². The summed E-state index contributed by atoms with van der Waals surface area (Å²) in [6.45, 7) is 1.66. The van der Waals surface area contributed by atoms with Gasteiger partial charge >= 0.3 is 11.8 Å². The molecule has 0 bridgehead atoms. The van der Waals surface area contributed by atoms with Gasteiger partial charge in [0, 0.05) is 7.05 Å². The Morgan fingerprint density at radius 3 is 2.03 bits per heavy atom. The molecule has 7 nitrogen and oxygen atoms in total. The Morgan fingerprint density at radius 2 is 1.41 bits per heavy atom. The number of nitrogens with zero attached hydrogens (tertiary/aromatic N) is 4. The Labute approximate surface area is 170 Å². The molecule has 0 aliphatic carbocycles. The minimum absolute atomic E-state index is 0.00400. The largest absolute Gasteiger partial charge is 0.323 e. The van der Waals surface area contributed by atoms with Crippen molar-refractivity contribution in [2.24, 2.45) is 7.05 Å². The number of carbonyl (C=O) groups is 2. The van der Waals surface area contributed by atoms with Crippen molar-refractivity contribution in [2.45, 2.75) is 6.92 Å². The summed E-state index contributed by atoms with van der Waals surface area (Å²) in [7, 11) is 1.68. The number of anilines is 2. The number of amides is 2. The van der Waals surface area contributed by atoms with Gasteiger partial charge in [-0.1, -0.05) is 18.2 Å². The van der Waals surface area contributed by atoms with E-state index in [1.54, 1.807) is 42.9 Å². The molecule has 3 aromatic rings. The molecule has 2 aromatic carbocycles. The summed E-state index contributed by atoms with van der Waals surface area (Å²) in [5, 5.41) is -0.155. The smallest absolute Gasteiger partial charge is 0.283 e. The molecule has 0 saturated carbocycles. The molecule has 1 aliphatic rings. The summed E-state index contributed by atoms with van der Waals surface area (Å²) in [6, 6.07) is 13.9. The topological polar surface area (TPSA) is 67.6 Å². The summed E-state index contributed by atoms with van der Waals surface area (Å²) < 4.78 is 16.2. The van der Waals surface area contributed by atoms with Gasteiger partial charge in [0.05, 0.1) is 17.1 Å². The molecule has 2 amide bonds. The summed E-state index contributed by atoms with van der Waals surface area (Å²) >= 11 is 5.36. The standard InChI is InChI=1S/C20H15FN4O3S/c1-12-16(17(26)25(22(12)2)15-6-4-3-5-7-15)24-19(28)18(27)23(20(24)29)14-10-8-13(21)9-11-14/h3-11H,1-2H3. The first-order chi connectivity index (χ1) is 13.8. The van der Waals surface area contributed by atoms with Gasteiger partial charge in [0.2, 0.25) is 0 Å². The lowest BCUT2D eigenvalue weighted by Gasteiger charge is -2.17. The van der Waals surface area contributed by atoms with Crippen molar-refractivity contribution in [2.75, 3.05) is 9.80 Å². The predicted molar refractivity (Wildman–Crippen MR) is 110 cm³/mol. The second-order valence-corrected chi connectivity index (χ2v) is 6.82. The average molecular weight is 410 g/mol. The molecule has 1 fully saturated rings. The molecule has 4 rings (SSSR count). The minimum atomic E-state index is -0.940. The summed E-state index contributed by atoms with van der Waals surface area (Å²) in [5.74, 6) is -2.33. The van der Waals surface area contributed by atoms with E-state index in [-0.39, 0.29) is 16.5 Å². The third-order valence-corrected chi connectivity index (χ3v) is 5.17. The number of rotatable bonds is 3. The highest BCUT2D eigenvalue weighted by Crippen LogP contribution is 2.28. The number of benzene rings is 2. The SMILES string of the molecule is Cc1c(N2C(=O)C(=O)N(c3ccc(F)cc3)C2=S)c(=O)n(-c2ccccc2)n1C. The van der Waals surface area contributed by atoms with E-state index in [0.717, 1.165) is 21.9 Å². The van der Waals surface area contributed by atoms with Gasteiger partial charge in [-0.3, -0.25) is 19.1 Å². The van der Waals surface area contributed by atoms with Crippen molar-refractivity contribution < 1.29 is 14.0 Å². The van der Waals surface area contributed by atoms with Crippen LogP contribution in [0.15, 0.2) is 59.4 Å². The lowest BCUT2D eigenvalue weighted by Crippen LogP contribution is -2.36. The Kier molecular flexibility index (Phi) is 4.39. The third-order valence-electron chi connectivity index (χ3n) is 4.80. The van der Waals surface area contributed by atoms with Gasteiger partial charge in [0.1, 0.15) is 11.5 Å². The summed E-state index contributed by atoms with van der Waals surface area (Å²) in [5.41, 5.74) is 0.830. The van der Waals surface area contributed by atoms with Crippen LogP contribution in [0.1, 0.15) is 5.69 Å². The fourth-order valence-corrected chi connectivity index (χ4v) is 3.65. The van der Waals surface area contributed by atoms with Crippen molar-refractivity contribution >= 4 is 40.5 Å². The molecule has 1 aliphatic heterocycles. The summed E-state index contributed by atoms with van der Waals surface area (Å²) in [4.78, 5) is 40.5. The van der Waals surface area contributed by atoms with Crippen molar-refractivity contribution in [1.29, 1.82) is 0 Å². The van der Waals surface area contributed by atoms with Gasteiger partial charge in [0.25, 0.3) is 5.56 Å². The van der Waals surface area contributed by atoms with Crippen LogP contribution in [0.3, 0.4) is 0 Å². The molecular weight excluding hydrogens is 395 g/mol. The van der Waals surface area contributed by atoms with Crippen LogP contribution >= 0.6 is 12.2 Å². The van der Waals surface area contributed by atoms with Gasteiger partial charge in [-0.2, -0.15) is 0 Å². The quantitative estimate of drug-likeness (QED) is 0.491. The van der Waals surface area contributed by atoms with Crippen LogP contribution in [0.5, 0.6) is 0 Å². The van der Waals surface area contributed by atoms with Gasteiger partial charge in [-0.15, -0.1) is 0 Å². The number of hydrogen-bond donors (Lipinski definition) is 0. The van der Waals surface area contributed by atoms with Crippen molar-refractivity contribution in [3.8, 4) is 5.69 Å². The normalized spacial score (nSPS) is 14.2. The summed E-state index contributed by atoms with van der Waals surface area (Å²) in [6.07, 6.45) is 0. The number of para-hydroxylation sites is 1. The van der Waals surface area contributed by atoms with Crippen molar-refractivity contribution in [3.63, 3.8) is 0 Å². The Balaban J connectivity index is 1.85. The van der Waals surface area contributed by atoms with Gasteiger partial charge < -0.3 is 0 Å². The van der Waals surface area contributed by atoms with Gasteiger partial charge in [-0.25, -0.2) is 18.9 Å². The molecule has 2 heterocycles. The average Bonchev–Trinajstić information content (AvgIpc) is 3.06. The second-order valence-electron chi connectivity index (χ2n) is 6.45. The fraction of sp³-hybridized carbons (Fsp3) is 0.100. The van der Waals surface area contributed by atoms with Crippen LogP contribution in [0.2, 0.25) is 0 Å². The fourth-order valence-electron chi connectivity index (χ4n) is 3.29. The Bertz CT molecular complexity index is 1220. The molecule has 1 aromatic heterocycles. The van der Waals surface area contributed by atoms with Crippen molar-refractivity contribution in [3.05, 3.63) is 76.5 Å². The number of hydrogen-bond acceptors (Lipinski definition) is 4. The zero-order valence-corrected chi connectivity index (χ0v) is 16.3. The van der Waals surface area contributed by atoms with Crippen LogP contribution in [0.4, 0.5) is 15.8 Å².